The third-order valence-electron chi connectivity index (χ3n) is 3.68. The zero-order valence-electron chi connectivity index (χ0n) is 10.7. The normalized spacial score (nSPS) is 19.1. The van der Waals surface area contributed by atoms with Gasteiger partial charge in [-0.25, -0.2) is 4.39 Å². The van der Waals surface area contributed by atoms with Crippen LogP contribution >= 0.6 is 0 Å². The molecule has 1 aliphatic rings. The van der Waals surface area contributed by atoms with Gasteiger partial charge in [0, 0.05) is 23.1 Å². The molecule has 96 valence electrons. The van der Waals surface area contributed by atoms with Crippen LogP contribution in [0.5, 0.6) is 0 Å². The van der Waals surface area contributed by atoms with Crippen molar-refractivity contribution < 1.29 is 9.13 Å². The maximum Gasteiger partial charge on any atom is 0.123 e. The molecule has 1 aromatic heterocycles. The Bertz CT molecular complexity index is 561. The van der Waals surface area contributed by atoms with Crippen molar-refractivity contribution in [3.8, 4) is 0 Å². The summed E-state index contributed by atoms with van der Waals surface area (Å²) in [6.07, 6.45) is 3.81. The van der Waals surface area contributed by atoms with Gasteiger partial charge in [-0.15, -0.1) is 0 Å². The SMILES string of the molecule is CCCCC1Cn2c(cc3cc(F)ccc32)CO1. The van der Waals surface area contributed by atoms with Crippen molar-refractivity contribution in [2.75, 3.05) is 0 Å². The first-order chi connectivity index (χ1) is 8.78. The van der Waals surface area contributed by atoms with Gasteiger partial charge in [0.15, 0.2) is 0 Å². The van der Waals surface area contributed by atoms with E-state index in [0.29, 0.717) is 12.7 Å². The van der Waals surface area contributed by atoms with Crippen molar-refractivity contribution >= 4 is 10.9 Å². The monoisotopic (exact) mass is 247 g/mol. The van der Waals surface area contributed by atoms with E-state index in [-0.39, 0.29) is 5.82 Å². The lowest BCUT2D eigenvalue weighted by Crippen LogP contribution is -2.26. The van der Waals surface area contributed by atoms with Crippen LogP contribution in [0.1, 0.15) is 31.9 Å². The molecule has 0 bridgehead atoms. The second kappa shape index (κ2) is 4.73. The highest BCUT2D eigenvalue weighted by Gasteiger charge is 2.20. The van der Waals surface area contributed by atoms with Crippen molar-refractivity contribution in [3.63, 3.8) is 0 Å². The third-order valence-corrected chi connectivity index (χ3v) is 3.68. The minimum Gasteiger partial charge on any atom is -0.370 e. The van der Waals surface area contributed by atoms with Gasteiger partial charge in [-0.3, -0.25) is 0 Å². The Morgan fingerprint density at radius 2 is 2.28 bits per heavy atom. The zero-order chi connectivity index (χ0) is 12.5. The van der Waals surface area contributed by atoms with Crippen molar-refractivity contribution in [1.82, 2.24) is 4.57 Å². The molecule has 0 N–H and O–H groups in total. The minimum atomic E-state index is -0.172. The van der Waals surface area contributed by atoms with Gasteiger partial charge in [0.1, 0.15) is 5.82 Å². The van der Waals surface area contributed by atoms with E-state index in [9.17, 15) is 4.39 Å². The summed E-state index contributed by atoms with van der Waals surface area (Å²) in [5, 5.41) is 0.977. The Labute approximate surface area is 106 Å². The topological polar surface area (TPSA) is 14.2 Å². The summed E-state index contributed by atoms with van der Waals surface area (Å²) in [4.78, 5) is 0. The molecule has 1 aliphatic heterocycles. The molecule has 2 aromatic rings. The Morgan fingerprint density at radius 1 is 1.39 bits per heavy atom. The molecule has 1 aromatic carbocycles. The molecule has 0 amide bonds. The standard InChI is InChI=1S/C15H18FNO/c1-2-3-4-14-9-17-13(10-18-14)8-11-7-12(16)5-6-15(11)17/h5-8,14H,2-4,9-10H2,1H3. The minimum absolute atomic E-state index is 0.172. The van der Waals surface area contributed by atoms with Gasteiger partial charge in [0.2, 0.25) is 0 Å². The largest absolute Gasteiger partial charge is 0.370 e. The molecule has 0 fully saturated rings. The first-order valence-electron chi connectivity index (χ1n) is 6.67. The second-order valence-electron chi connectivity index (χ2n) is 5.02. The first-order valence-corrected chi connectivity index (χ1v) is 6.67. The molecule has 1 unspecified atom stereocenters. The molecule has 3 rings (SSSR count). The van der Waals surface area contributed by atoms with E-state index in [1.807, 2.05) is 12.1 Å². The second-order valence-corrected chi connectivity index (χ2v) is 5.02. The maximum atomic E-state index is 13.2. The smallest absolute Gasteiger partial charge is 0.123 e. The average molecular weight is 247 g/mol. The molecule has 3 heteroatoms. The predicted octanol–water partition coefficient (Wildman–Crippen LogP) is 3.87. The highest BCUT2D eigenvalue weighted by molar-refractivity contribution is 5.81. The zero-order valence-corrected chi connectivity index (χ0v) is 10.7. The number of nitrogens with zero attached hydrogens (tertiary/aromatic N) is 1. The summed E-state index contributed by atoms with van der Waals surface area (Å²) in [5.41, 5.74) is 2.28. The number of aromatic nitrogens is 1. The van der Waals surface area contributed by atoms with Crippen LogP contribution in [0.4, 0.5) is 4.39 Å². The van der Waals surface area contributed by atoms with Crippen molar-refractivity contribution in [2.24, 2.45) is 0 Å². The number of hydrogen-bond donors (Lipinski definition) is 0. The number of ether oxygens (including phenoxy) is 1. The van der Waals surface area contributed by atoms with Crippen molar-refractivity contribution in [3.05, 3.63) is 35.8 Å². The van der Waals surface area contributed by atoms with Crippen LogP contribution < -0.4 is 0 Å². The van der Waals surface area contributed by atoms with Gasteiger partial charge >= 0.3 is 0 Å². The van der Waals surface area contributed by atoms with E-state index in [1.54, 1.807) is 6.07 Å². The van der Waals surface area contributed by atoms with Gasteiger partial charge in [0.05, 0.1) is 12.7 Å². The Morgan fingerprint density at radius 3 is 3.11 bits per heavy atom. The van der Waals surface area contributed by atoms with Crippen LogP contribution in [0.3, 0.4) is 0 Å². The summed E-state index contributed by atoms with van der Waals surface area (Å²) in [7, 11) is 0. The average Bonchev–Trinajstić information content (AvgIpc) is 2.72. The van der Waals surface area contributed by atoms with E-state index in [2.05, 4.69) is 11.5 Å². The number of fused-ring (bicyclic) bond motifs is 3. The van der Waals surface area contributed by atoms with Gasteiger partial charge in [-0.05, 0) is 30.7 Å². The number of rotatable bonds is 3. The first kappa shape index (κ1) is 11.7. The number of halogens is 1. The van der Waals surface area contributed by atoms with Gasteiger partial charge in [-0.1, -0.05) is 19.8 Å². The van der Waals surface area contributed by atoms with E-state index in [1.165, 1.54) is 18.9 Å². The molecular formula is C15H18FNO. The summed E-state index contributed by atoms with van der Waals surface area (Å²) in [6, 6.07) is 7.04. The van der Waals surface area contributed by atoms with Crippen LogP contribution in [0.25, 0.3) is 10.9 Å². The van der Waals surface area contributed by atoms with Gasteiger partial charge < -0.3 is 9.30 Å². The molecule has 2 nitrogen and oxygen atoms in total. The quantitative estimate of drug-likeness (QED) is 0.803. The van der Waals surface area contributed by atoms with Crippen LogP contribution in [-0.4, -0.2) is 10.7 Å². The summed E-state index contributed by atoms with van der Waals surface area (Å²) in [5.74, 6) is -0.172. The fourth-order valence-electron chi connectivity index (χ4n) is 2.70. The molecule has 0 spiro atoms. The van der Waals surface area contributed by atoms with Crippen LogP contribution in [-0.2, 0) is 17.9 Å². The molecule has 0 aliphatic carbocycles. The number of hydrogen-bond acceptors (Lipinski definition) is 1. The lowest BCUT2D eigenvalue weighted by molar-refractivity contribution is -0.000131. The van der Waals surface area contributed by atoms with Crippen LogP contribution in [0, 0.1) is 5.82 Å². The molecule has 2 heterocycles. The lowest BCUT2D eigenvalue weighted by Gasteiger charge is -2.25. The summed E-state index contributed by atoms with van der Waals surface area (Å²) >= 11 is 0. The molecular weight excluding hydrogens is 229 g/mol. The summed E-state index contributed by atoms with van der Waals surface area (Å²) < 4.78 is 21.3. The fraction of sp³-hybridized carbons (Fsp3) is 0.467. The van der Waals surface area contributed by atoms with Crippen molar-refractivity contribution in [2.45, 2.75) is 45.4 Å². The third kappa shape index (κ3) is 2.03. The van der Waals surface area contributed by atoms with Gasteiger partial charge in [-0.2, -0.15) is 0 Å². The summed E-state index contributed by atoms with van der Waals surface area (Å²) in [6.45, 7) is 3.73. The van der Waals surface area contributed by atoms with Crippen LogP contribution in [0.2, 0.25) is 0 Å². The number of unbranched alkanes of at least 4 members (excludes halogenated alkanes) is 1. The van der Waals surface area contributed by atoms with E-state index < -0.39 is 0 Å². The Balaban J connectivity index is 1.92. The van der Waals surface area contributed by atoms with Gasteiger partial charge in [0.25, 0.3) is 0 Å². The molecule has 0 saturated heterocycles. The molecule has 1 atom stereocenters. The molecule has 18 heavy (non-hydrogen) atoms. The van der Waals surface area contributed by atoms with E-state index in [0.717, 1.165) is 29.6 Å². The van der Waals surface area contributed by atoms with Crippen molar-refractivity contribution in [1.29, 1.82) is 0 Å². The maximum absolute atomic E-state index is 13.2. The fourth-order valence-corrected chi connectivity index (χ4v) is 2.70. The van der Waals surface area contributed by atoms with E-state index in [4.69, 9.17) is 4.74 Å². The van der Waals surface area contributed by atoms with E-state index >= 15 is 0 Å². The predicted molar refractivity (Wildman–Crippen MR) is 70.0 cm³/mol. The lowest BCUT2D eigenvalue weighted by atomic mass is 10.1. The Kier molecular flexibility index (Phi) is 3.08. The highest BCUT2D eigenvalue weighted by Crippen LogP contribution is 2.26. The highest BCUT2D eigenvalue weighted by atomic mass is 19.1. The molecule has 0 radical (unpaired) electrons. The number of benzene rings is 1. The Hall–Kier alpha value is -1.35. The van der Waals surface area contributed by atoms with Crippen LogP contribution in [0.15, 0.2) is 24.3 Å². The molecule has 0 saturated carbocycles.